The summed E-state index contributed by atoms with van der Waals surface area (Å²) >= 11 is 7.70. The lowest BCUT2D eigenvalue weighted by Gasteiger charge is -2.34. The van der Waals surface area contributed by atoms with Gasteiger partial charge in [0.25, 0.3) is 0 Å². The van der Waals surface area contributed by atoms with Crippen LogP contribution in [-0.4, -0.2) is 40.1 Å². The Balaban J connectivity index is 2.04. The van der Waals surface area contributed by atoms with Gasteiger partial charge in [-0.15, -0.1) is 0 Å². The molecule has 2 nitrogen and oxygen atoms in total. The van der Waals surface area contributed by atoms with Crippen LogP contribution in [0.3, 0.4) is 0 Å². The maximum atomic E-state index is 4.25. The van der Waals surface area contributed by atoms with Gasteiger partial charge in [-0.1, -0.05) is 6.92 Å². The Morgan fingerprint density at radius 2 is 2.22 bits per heavy atom. The Morgan fingerprint density at radius 3 is 2.89 bits per heavy atom. The summed E-state index contributed by atoms with van der Waals surface area (Å²) in [7, 11) is 2.07. The molecule has 1 aliphatic rings. The quantitative estimate of drug-likeness (QED) is 0.904. The summed E-state index contributed by atoms with van der Waals surface area (Å²) in [5.41, 5.74) is 1.30. The van der Waals surface area contributed by atoms with E-state index in [1.807, 2.05) is 12.4 Å². The van der Waals surface area contributed by atoms with Gasteiger partial charge in [-0.3, -0.25) is 4.98 Å². The molecule has 3 atom stereocenters. The third-order valence-electron chi connectivity index (χ3n) is 3.22. The number of hydrogen-bond donors (Lipinski definition) is 1. The van der Waals surface area contributed by atoms with Crippen molar-refractivity contribution in [1.29, 1.82) is 0 Å². The zero-order valence-corrected chi connectivity index (χ0v) is 13.9. The largest absolute Gasteiger partial charge is 0.316 e. The minimum atomic E-state index is 0.522. The van der Waals surface area contributed by atoms with E-state index in [9.17, 15) is 0 Å². The fourth-order valence-electron chi connectivity index (χ4n) is 2.30. The molecule has 0 spiro atoms. The van der Waals surface area contributed by atoms with Crippen molar-refractivity contribution < 1.29 is 0 Å². The molecule has 1 aromatic rings. The third-order valence-corrected chi connectivity index (χ3v) is 6.91. The Hall–Kier alpha value is 0.290. The topological polar surface area (TPSA) is 24.9 Å². The standard InChI is InChI=1S/C13H19BrN2S2/c1-9-13(18-4-3-17-9)12(15-2)6-10-5-11(14)8-16-7-10/h5,7-9,12-13,15H,3-4,6H2,1-2H3. The zero-order chi connectivity index (χ0) is 13.0. The van der Waals surface area contributed by atoms with E-state index >= 15 is 0 Å². The molecule has 100 valence electrons. The van der Waals surface area contributed by atoms with Crippen LogP contribution in [0.2, 0.25) is 0 Å². The fourth-order valence-corrected chi connectivity index (χ4v) is 5.71. The molecule has 2 heterocycles. The lowest BCUT2D eigenvalue weighted by Crippen LogP contribution is -2.44. The highest BCUT2D eigenvalue weighted by Crippen LogP contribution is 2.33. The summed E-state index contributed by atoms with van der Waals surface area (Å²) < 4.78 is 1.06. The van der Waals surface area contributed by atoms with Crippen LogP contribution in [0.5, 0.6) is 0 Å². The summed E-state index contributed by atoms with van der Waals surface area (Å²) in [4.78, 5) is 4.25. The van der Waals surface area contributed by atoms with Crippen molar-refractivity contribution in [1.82, 2.24) is 10.3 Å². The molecule has 0 aliphatic carbocycles. The van der Waals surface area contributed by atoms with Crippen molar-refractivity contribution in [3.8, 4) is 0 Å². The van der Waals surface area contributed by atoms with Crippen molar-refractivity contribution in [3.63, 3.8) is 0 Å². The molecule has 3 unspecified atom stereocenters. The molecule has 0 bridgehead atoms. The van der Waals surface area contributed by atoms with Crippen LogP contribution < -0.4 is 5.32 Å². The Morgan fingerprint density at radius 1 is 1.44 bits per heavy atom. The zero-order valence-electron chi connectivity index (χ0n) is 10.7. The van der Waals surface area contributed by atoms with Gasteiger partial charge in [0.1, 0.15) is 0 Å². The van der Waals surface area contributed by atoms with E-state index in [0.717, 1.165) is 16.1 Å². The van der Waals surface area contributed by atoms with E-state index < -0.39 is 0 Å². The summed E-state index contributed by atoms with van der Waals surface area (Å²) in [6.45, 7) is 2.35. The first kappa shape index (κ1) is 14.7. The minimum Gasteiger partial charge on any atom is -0.316 e. The molecule has 2 rings (SSSR count). The molecule has 1 aliphatic heterocycles. The Kier molecular flexibility index (Phi) is 5.86. The molecule has 1 N–H and O–H groups in total. The van der Waals surface area contributed by atoms with E-state index in [0.29, 0.717) is 11.3 Å². The molecule has 18 heavy (non-hydrogen) atoms. The van der Waals surface area contributed by atoms with Crippen molar-refractivity contribution in [2.24, 2.45) is 0 Å². The summed E-state index contributed by atoms with van der Waals surface area (Å²) in [5.74, 6) is 2.56. The maximum absolute atomic E-state index is 4.25. The SMILES string of the molecule is CNC(Cc1cncc(Br)c1)C1SCCSC1C. The first-order valence-electron chi connectivity index (χ1n) is 6.20. The van der Waals surface area contributed by atoms with Crippen LogP contribution in [0.4, 0.5) is 0 Å². The van der Waals surface area contributed by atoms with Gasteiger partial charge in [0.05, 0.1) is 0 Å². The second-order valence-corrected chi connectivity index (χ2v) is 8.21. The van der Waals surface area contributed by atoms with Crippen LogP contribution in [0, 0.1) is 0 Å². The molecule has 1 saturated heterocycles. The van der Waals surface area contributed by atoms with Crippen molar-refractivity contribution >= 4 is 39.5 Å². The van der Waals surface area contributed by atoms with E-state index in [4.69, 9.17) is 0 Å². The smallest absolute Gasteiger partial charge is 0.0410 e. The van der Waals surface area contributed by atoms with Crippen LogP contribution in [0.1, 0.15) is 12.5 Å². The van der Waals surface area contributed by atoms with Crippen LogP contribution in [0.15, 0.2) is 22.9 Å². The number of nitrogens with one attached hydrogen (secondary N) is 1. The second-order valence-electron chi connectivity index (χ2n) is 4.52. The molecule has 1 fully saturated rings. The number of thioether (sulfide) groups is 2. The van der Waals surface area contributed by atoms with Crippen molar-refractivity contribution in [3.05, 3.63) is 28.5 Å². The monoisotopic (exact) mass is 346 g/mol. The lowest BCUT2D eigenvalue weighted by atomic mass is 10.0. The second kappa shape index (κ2) is 7.17. The highest BCUT2D eigenvalue weighted by molar-refractivity contribution is 9.10. The third kappa shape index (κ3) is 3.89. The van der Waals surface area contributed by atoms with Gasteiger partial charge in [0.2, 0.25) is 0 Å². The first-order valence-corrected chi connectivity index (χ1v) is 9.09. The average Bonchev–Trinajstić information content (AvgIpc) is 2.37. The Labute approximate surface area is 126 Å². The van der Waals surface area contributed by atoms with E-state index in [2.05, 4.69) is 69.8 Å². The molecule has 0 saturated carbocycles. The van der Waals surface area contributed by atoms with Crippen LogP contribution >= 0.6 is 39.5 Å². The van der Waals surface area contributed by atoms with Gasteiger partial charge in [-0.05, 0) is 41.0 Å². The number of rotatable bonds is 4. The molecule has 5 heteroatoms. The summed E-state index contributed by atoms with van der Waals surface area (Å²) in [6, 6.07) is 2.69. The average molecular weight is 347 g/mol. The number of hydrogen-bond acceptors (Lipinski definition) is 4. The normalized spacial score (nSPS) is 25.9. The lowest BCUT2D eigenvalue weighted by molar-refractivity contribution is 0.530. The van der Waals surface area contributed by atoms with Gasteiger partial charge in [0.15, 0.2) is 0 Å². The number of halogens is 1. The fraction of sp³-hybridized carbons (Fsp3) is 0.615. The highest BCUT2D eigenvalue weighted by Gasteiger charge is 2.29. The molecular weight excluding hydrogens is 328 g/mol. The molecule has 0 radical (unpaired) electrons. The van der Waals surface area contributed by atoms with Gasteiger partial charge in [-0.25, -0.2) is 0 Å². The van der Waals surface area contributed by atoms with Crippen molar-refractivity contribution in [2.45, 2.75) is 29.9 Å². The molecule has 0 aromatic carbocycles. The minimum absolute atomic E-state index is 0.522. The van der Waals surface area contributed by atoms with E-state index in [-0.39, 0.29) is 0 Å². The van der Waals surface area contributed by atoms with E-state index in [1.165, 1.54) is 17.1 Å². The predicted octanol–water partition coefficient (Wildman–Crippen LogP) is 3.21. The Bertz CT molecular complexity index is 389. The molecule has 0 amide bonds. The number of pyridine rings is 1. The summed E-state index contributed by atoms with van der Waals surface area (Å²) in [6.07, 6.45) is 4.86. The van der Waals surface area contributed by atoms with Crippen molar-refractivity contribution in [2.75, 3.05) is 18.6 Å². The van der Waals surface area contributed by atoms with Crippen LogP contribution in [-0.2, 0) is 6.42 Å². The number of likely N-dealkylation sites (N-methyl/N-ethyl adjacent to an activating group) is 1. The van der Waals surface area contributed by atoms with Crippen LogP contribution in [0.25, 0.3) is 0 Å². The van der Waals surface area contributed by atoms with E-state index in [1.54, 1.807) is 0 Å². The summed E-state index contributed by atoms with van der Waals surface area (Å²) in [5, 5.41) is 4.90. The van der Waals surface area contributed by atoms with Gasteiger partial charge < -0.3 is 5.32 Å². The van der Waals surface area contributed by atoms with Gasteiger partial charge >= 0.3 is 0 Å². The molecular formula is C13H19BrN2S2. The predicted molar refractivity (Wildman–Crippen MR) is 86.7 cm³/mol. The van der Waals surface area contributed by atoms with Gasteiger partial charge in [0, 0.05) is 44.9 Å². The molecule has 1 aromatic heterocycles. The highest BCUT2D eigenvalue weighted by atomic mass is 79.9. The maximum Gasteiger partial charge on any atom is 0.0410 e. The number of aromatic nitrogens is 1. The first-order chi connectivity index (χ1) is 8.70. The number of nitrogens with zero attached hydrogens (tertiary/aromatic N) is 1. The van der Waals surface area contributed by atoms with Gasteiger partial charge in [-0.2, -0.15) is 23.5 Å².